The van der Waals surface area contributed by atoms with Gasteiger partial charge in [-0.1, -0.05) is 13.3 Å². The Bertz CT molecular complexity index is 856. The molecule has 5 heteroatoms. The molecule has 1 saturated heterocycles. The summed E-state index contributed by atoms with van der Waals surface area (Å²) in [7, 11) is 0. The maximum absolute atomic E-state index is 13.3. The molecule has 1 aliphatic rings. The van der Waals surface area contributed by atoms with Gasteiger partial charge < -0.3 is 0 Å². The van der Waals surface area contributed by atoms with Gasteiger partial charge in [0.05, 0.1) is 5.69 Å². The average Bonchev–Trinajstić information content (AvgIpc) is 3.21. The summed E-state index contributed by atoms with van der Waals surface area (Å²) in [4.78, 5) is 7.04. The highest BCUT2D eigenvalue weighted by Crippen LogP contribution is 2.29. The minimum Gasteiger partial charge on any atom is -0.299 e. The van der Waals surface area contributed by atoms with Gasteiger partial charge in [0.25, 0.3) is 0 Å². The lowest BCUT2D eigenvalue weighted by atomic mass is 10.0. The van der Waals surface area contributed by atoms with Crippen LogP contribution < -0.4 is 0 Å². The topological polar surface area (TPSA) is 33.4 Å². The van der Waals surface area contributed by atoms with E-state index in [1.807, 2.05) is 16.8 Å². The second-order valence-electron chi connectivity index (χ2n) is 6.90. The minimum atomic E-state index is -0.228. The first-order valence-corrected chi connectivity index (χ1v) is 9.05. The minimum absolute atomic E-state index is 0.228. The van der Waals surface area contributed by atoms with E-state index in [0.29, 0.717) is 0 Å². The van der Waals surface area contributed by atoms with Crippen LogP contribution in [-0.2, 0) is 6.54 Å². The number of hydrogen-bond donors (Lipinski definition) is 0. The second kappa shape index (κ2) is 6.92. The second-order valence-corrected chi connectivity index (χ2v) is 6.90. The third-order valence-corrected chi connectivity index (χ3v) is 5.06. The monoisotopic (exact) mass is 338 g/mol. The Balaban J connectivity index is 1.69. The van der Waals surface area contributed by atoms with Crippen molar-refractivity contribution in [3.63, 3.8) is 0 Å². The van der Waals surface area contributed by atoms with Crippen molar-refractivity contribution in [1.82, 2.24) is 19.5 Å². The highest BCUT2D eigenvalue weighted by molar-refractivity contribution is 5.70. The number of benzene rings is 1. The van der Waals surface area contributed by atoms with Gasteiger partial charge in [-0.2, -0.15) is 5.10 Å². The van der Waals surface area contributed by atoms with E-state index < -0.39 is 0 Å². The van der Waals surface area contributed by atoms with Gasteiger partial charge in [0, 0.05) is 36.6 Å². The lowest BCUT2D eigenvalue weighted by Gasteiger charge is -2.16. The van der Waals surface area contributed by atoms with Gasteiger partial charge in [0.1, 0.15) is 5.82 Å². The van der Waals surface area contributed by atoms with Gasteiger partial charge in [0.15, 0.2) is 5.65 Å². The first-order chi connectivity index (χ1) is 12.2. The van der Waals surface area contributed by atoms with Crippen LogP contribution in [-0.4, -0.2) is 32.6 Å². The van der Waals surface area contributed by atoms with Crippen LogP contribution in [0.2, 0.25) is 0 Å². The predicted molar refractivity (Wildman–Crippen MR) is 96.7 cm³/mol. The van der Waals surface area contributed by atoms with Crippen LogP contribution in [0.5, 0.6) is 0 Å². The number of fused-ring (bicyclic) bond motifs is 1. The molecule has 0 radical (unpaired) electrons. The van der Waals surface area contributed by atoms with Gasteiger partial charge in [-0.25, -0.2) is 13.9 Å². The van der Waals surface area contributed by atoms with Gasteiger partial charge in [0.2, 0.25) is 0 Å². The summed E-state index contributed by atoms with van der Waals surface area (Å²) in [5.74, 6) is 0.572. The molecule has 4 nitrogen and oxygen atoms in total. The molecule has 1 aromatic carbocycles. The Labute approximate surface area is 147 Å². The summed E-state index contributed by atoms with van der Waals surface area (Å²) in [6.45, 7) is 5.36. The Morgan fingerprint density at radius 2 is 2.08 bits per heavy atom. The zero-order valence-electron chi connectivity index (χ0n) is 14.5. The fourth-order valence-corrected chi connectivity index (χ4v) is 3.84. The molecule has 4 rings (SSSR count). The molecule has 3 heterocycles. The summed E-state index contributed by atoms with van der Waals surface area (Å²) in [5, 5.41) is 4.72. The molecule has 0 N–H and O–H groups in total. The van der Waals surface area contributed by atoms with E-state index >= 15 is 0 Å². The number of nitrogens with zero attached hydrogens (tertiary/aromatic N) is 4. The molecule has 3 aromatic rings. The largest absolute Gasteiger partial charge is 0.299 e. The average molecular weight is 338 g/mol. The summed E-state index contributed by atoms with van der Waals surface area (Å²) in [6, 6.07) is 8.45. The van der Waals surface area contributed by atoms with E-state index in [0.717, 1.165) is 48.0 Å². The highest BCUT2D eigenvalue weighted by Gasteiger charge is 2.25. The SMILES string of the molecule is CCCC1CCN(Cc2c(-c3ccc(F)cc3)nn3cccnc23)C1. The number of rotatable bonds is 5. The van der Waals surface area contributed by atoms with Crippen LogP contribution in [0.1, 0.15) is 31.7 Å². The van der Waals surface area contributed by atoms with E-state index in [9.17, 15) is 4.39 Å². The molecule has 0 saturated carbocycles. The molecule has 0 spiro atoms. The lowest BCUT2D eigenvalue weighted by Crippen LogP contribution is -2.20. The van der Waals surface area contributed by atoms with Crippen LogP contribution in [0, 0.1) is 11.7 Å². The Kier molecular flexibility index (Phi) is 4.49. The fourth-order valence-electron chi connectivity index (χ4n) is 3.84. The van der Waals surface area contributed by atoms with Crippen molar-refractivity contribution < 1.29 is 4.39 Å². The summed E-state index contributed by atoms with van der Waals surface area (Å²) in [6.07, 6.45) is 7.54. The molecular weight excluding hydrogens is 315 g/mol. The maximum Gasteiger partial charge on any atom is 0.160 e. The van der Waals surface area contributed by atoms with Crippen LogP contribution >= 0.6 is 0 Å². The van der Waals surface area contributed by atoms with Crippen molar-refractivity contribution in [3.05, 3.63) is 54.1 Å². The Morgan fingerprint density at radius 3 is 2.88 bits per heavy atom. The van der Waals surface area contributed by atoms with Crippen LogP contribution in [0.15, 0.2) is 42.7 Å². The number of halogens is 1. The molecule has 1 aliphatic heterocycles. The number of hydrogen-bond acceptors (Lipinski definition) is 3. The van der Waals surface area contributed by atoms with E-state index in [1.54, 1.807) is 18.3 Å². The number of aromatic nitrogens is 3. The molecule has 0 amide bonds. The number of likely N-dealkylation sites (tertiary alicyclic amines) is 1. The molecule has 1 atom stereocenters. The zero-order valence-corrected chi connectivity index (χ0v) is 14.5. The summed E-state index contributed by atoms with van der Waals surface area (Å²) in [5.41, 5.74) is 3.86. The molecule has 130 valence electrons. The zero-order chi connectivity index (χ0) is 17.2. The van der Waals surface area contributed by atoms with E-state index in [1.165, 1.54) is 31.4 Å². The normalized spacial score (nSPS) is 18.2. The molecule has 0 bridgehead atoms. The molecule has 2 aromatic heterocycles. The molecule has 1 fully saturated rings. The van der Waals surface area contributed by atoms with Crippen molar-refractivity contribution in [3.8, 4) is 11.3 Å². The van der Waals surface area contributed by atoms with Crippen molar-refractivity contribution in [1.29, 1.82) is 0 Å². The van der Waals surface area contributed by atoms with Crippen LogP contribution in [0.3, 0.4) is 0 Å². The van der Waals surface area contributed by atoms with Crippen molar-refractivity contribution in [2.75, 3.05) is 13.1 Å². The quantitative estimate of drug-likeness (QED) is 0.700. The van der Waals surface area contributed by atoms with Crippen molar-refractivity contribution in [2.45, 2.75) is 32.7 Å². The maximum atomic E-state index is 13.3. The van der Waals surface area contributed by atoms with E-state index in [-0.39, 0.29) is 5.82 Å². The van der Waals surface area contributed by atoms with Gasteiger partial charge >= 0.3 is 0 Å². The summed E-state index contributed by atoms with van der Waals surface area (Å²) >= 11 is 0. The smallest absolute Gasteiger partial charge is 0.160 e. The van der Waals surface area contributed by atoms with Crippen molar-refractivity contribution >= 4 is 5.65 Å². The van der Waals surface area contributed by atoms with Gasteiger partial charge in [-0.05, 0) is 55.6 Å². The molecule has 0 aliphatic carbocycles. The molecular formula is C20H23FN4. The first-order valence-electron chi connectivity index (χ1n) is 9.05. The Morgan fingerprint density at radius 1 is 1.24 bits per heavy atom. The predicted octanol–water partition coefficient (Wildman–Crippen LogP) is 4.16. The third kappa shape index (κ3) is 3.29. The third-order valence-electron chi connectivity index (χ3n) is 5.06. The van der Waals surface area contributed by atoms with Crippen LogP contribution in [0.25, 0.3) is 16.9 Å². The van der Waals surface area contributed by atoms with Crippen molar-refractivity contribution in [2.24, 2.45) is 5.92 Å². The summed E-state index contributed by atoms with van der Waals surface area (Å²) < 4.78 is 15.1. The molecule has 1 unspecified atom stereocenters. The molecule has 25 heavy (non-hydrogen) atoms. The van der Waals surface area contributed by atoms with E-state index in [4.69, 9.17) is 5.10 Å². The van der Waals surface area contributed by atoms with Gasteiger partial charge in [-0.3, -0.25) is 4.90 Å². The van der Waals surface area contributed by atoms with Crippen LogP contribution in [0.4, 0.5) is 4.39 Å². The first kappa shape index (κ1) is 16.2. The Hall–Kier alpha value is -2.27. The van der Waals surface area contributed by atoms with E-state index in [2.05, 4.69) is 16.8 Å². The highest BCUT2D eigenvalue weighted by atomic mass is 19.1. The lowest BCUT2D eigenvalue weighted by molar-refractivity contribution is 0.314. The van der Waals surface area contributed by atoms with Gasteiger partial charge in [-0.15, -0.1) is 0 Å². The standard InChI is InChI=1S/C20H23FN4/c1-2-4-15-9-12-24(13-15)14-18-19(16-5-7-17(21)8-6-16)23-25-11-3-10-22-20(18)25/h3,5-8,10-11,15H,2,4,9,12-14H2,1H3. The fraction of sp³-hybridized carbons (Fsp3) is 0.400.